The highest BCUT2D eigenvalue weighted by Gasteiger charge is 2.09. The summed E-state index contributed by atoms with van der Waals surface area (Å²) in [5.74, 6) is 0.221. The van der Waals surface area contributed by atoms with Crippen LogP contribution in [0.3, 0.4) is 0 Å². The van der Waals surface area contributed by atoms with Crippen molar-refractivity contribution < 1.29 is 4.79 Å². The van der Waals surface area contributed by atoms with Gasteiger partial charge in [0.1, 0.15) is 0 Å². The summed E-state index contributed by atoms with van der Waals surface area (Å²) < 4.78 is 0. The van der Waals surface area contributed by atoms with Gasteiger partial charge in [0.05, 0.1) is 0 Å². The van der Waals surface area contributed by atoms with Gasteiger partial charge in [0.15, 0.2) is 0 Å². The van der Waals surface area contributed by atoms with Crippen LogP contribution in [-0.2, 0) is 4.79 Å². The first-order valence-electron chi connectivity index (χ1n) is 5.57. The lowest BCUT2D eigenvalue weighted by Crippen LogP contribution is -2.36. The maximum absolute atomic E-state index is 11.5. The molecule has 0 saturated carbocycles. The van der Waals surface area contributed by atoms with Crippen molar-refractivity contribution in [1.29, 1.82) is 0 Å². The second kappa shape index (κ2) is 7.80. The van der Waals surface area contributed by atoms with Gasteiger partial charge in [-0.1, -0.05) is 26.2 Å². The van der Waals surface area contributed by atoms with Crippen molar-refractivity contribution >= 4 is 5.91 Å². The zero-order valence-electron chi connectivity index (χ0n) is 9.75. The van der Waals surface area contributed by atoms with Gasteiger partial charge in [-0.2, -0.15) is 0 Å². The largest absolute Gasteiger partial charge is 0.344 e. The smallest absolute Gasteiger partial charge is 0.222 e. The molecule has 3 heteroatoms. The summed E-state index contributed by atoms with van der Waals surface area (Å²) in [6, 6.07) is 0.0691. The number of carbonyl (C=O) groups excluding carboxylic acids is 1. The van der Waals surface area contributed by atoms with Crippen LogP contribution in [0.5, 0.6) is 0 Å². The zero-order chi connectivity index (χ0) is 11.0. The zero-order valence-corrected chi connectivity index (χ0v) is 9.75. The summed E-state index contributed by atoms with van der Waals surface area (Å²) in [7, 11) is 1.82. The van der Waals surface area contributed by atoms with E-state index < -0.39 is 0 Å². The van der Waals surface area contributed by atoms with Crippen LogP contribution in [0.4, 0.5) is 0 Å². The fraction of sp³-hybridized carbons (Fsp3) is 0.909. The molecule has 0 aliphatic rings. The fourth-order valence-electron chi connectivity index (χ4n) is 1.43. The lowest BCUT2D eigenvalue weighted by molar-refractivity contribution is -0.130. The Morgan fingerprint density at radius 3 is 2.50 bits per heavy atom. The Morgan fingerprint density at radius 1 is 1.36 bits per heavy atom. The van der Waals surface area contributed by atoms with Gasteiger partial charge in [-0.15, -0.1) is 0 Å². The van der Waals surface area contributed by atoms with Crippen molar-refractivity contribution in [3.8, 4) is 0 Å². The van der Waals surface area contributed by atoms with Crippen molar-refractivity contribution in [3.63, 3.8) is 0 Å². The molecule has 0 aromatic heterocycles. The molecule has 0 aromatic rings. The van der Waals surface area contributed by atoms with Crippen molar-refractivity contribution in [3.05, 3.63) is 0 Å². The number of likely N-dealkylation sites (N-methyl/N-ethyl adjacent to an activating group) is 1. The Labute approximate surface area is 87.6 Å². The number of hydrogen-bond acceptors (Lipinski definition) is 2. The summed E-state index contributed by atoms with van der Waals surface area (Å²) >= 11 is 0. The summed E-state index contributed by atoms with van der Waals surface area (Å²) in [5, 5.41) is 0. The molecule has 1 atom stereocenters. The minimum atomic E-state index is 0.0691. The Balaban J connectivity index is 3.52. The minimum absolute atomic E-state index is 0.0691. The molecule has 0 heterocycles. The van der Waals surface area contributed by atoms with Gasteiger partial charge in [-0.05, 0) is 13.3 Å². The van der Waals surface area contributed by atoms with Gasteiger partial charge in [-0.25, -0.2) is 0 Å². The first-order valence-corrected chi connectivity index (χ1v) is 5.57. The third kappa shape index (κ3) is 6.89. The van der Waals surface area contributed by atoms with Crippen LogP contribution in [0, 0.1) is 0 Å². The van der Waals surface area contributed by atoms with Crippen molar-refractivity contribution in [2.45, 2.75) is 52.0 Å². The van der Waals surface area contributed by atoms with Gasteiger partial charge in [-0.3, -0.25) is 4.79 Å². The van der Waals surface area contributed by atoms with Gasteiger partial charge in [0.2, 0.25) is 5.91 Å². The highest BCUT2D eigenvalue weighted by molar-refractivity contribution is 5.75. The third-order valence-corrected chi connectivity index (χ3v) is 2.23. The maximum Gasteiger partial charge on any atom is 0.222 e. The predicted octanol–water partition coefficient (Wildman–Crippen LogP) is 1.76. The topological polar surface area (TPSA) is 46.3 Å². The molecule has 1 unspecified atom stereocenters. The molecule has 84 valence electrons. The van der Waals surface area contributed by atoms with Crippen LogP contribution in [0.15, 0.2) is 0 Å². The standard InChI is InChI=1S/C11H24N2O/c1-4-5-6-7-8-11(14)13(3)9-10(2)12/h10H,4-9,12H2,1-3H3. The lowest BCUT2D eigenvalue weighted by atomic mass is 10.1. The van der Waals surface area contributed by atoms with Gasteiger partial charge < -0.3 is 10.6 Å². The van der Waals surface area contributed by atoms with Crippen molar-refractivity contribution in [2.24, 2.45) is 5.73 Å². The Morgan fingerprint density at radius 2 is 2.00 bits per heavy atom. The molecule has 0 aliphatic carbocycles. The fourth-order valence-corrected chi connectivity index (χ4v) is 1.43. The molecule has 0 spiro atoms. The van der Waals surface area contributed by atoms with Crippen LogP contribution in [0.25, 0.3) is 0 Å². The van der Waals surface area contributed by atoms with E-state index in [1.165, 1.54) is 12.8 Å². The van der Waals surface area contributed by atoms with E-state index >= 15 is 0 Å². The van der Waals surface area contributed by atoms with E-state index in [-0.39, 0.29) is 11.9 Å². The number of nitrogens with zero attached hydrogens (tertiary/aromatic N) is 1. The monoisotopic (exact) mass is 200 g/mol. The van der Waals surface area contributed by atoms with Crippen LogP contribution in [-0.4, -0.2) is 30.4 Å². The molecular weight excluding hydrogens is 176 g/mol. The molecule has 0 bridgehead atoms. The normalized spacial score (nSPS) is 12.6. The summed E-state index contributed by atoms with van der Waals surface area (Å²) in [6.07, 6.45) is 5.28. The first kappa shape index (κ1) is 13.4. The van der Waals surface area contributed by atoms with Gasteiger partial charge in [0.25, 0.3) is 0 Å². The summed E-state index contributed by atoms with van der Waals surface area (Å²) in [6.45, 7) is 4.75. The molecule has 1 amide bonds. The molecule has 0 rings (SSSR count). The second-order valence-electron chi connectivity index (χ2n) is 4.06. The maximum atomic E-state index is 11.5. The Kier molecular flexibility index (Phi) is 7.48. The SMILES string of the molecule is CCCCCCC(=O)N(C)CC(C)N. The van der Waals surface area contributed by atoms with E-state index in [2.05, 4.69) is 6.92 Å². The molecule has 0 radical (unpaired) electrons. The molecule has 3 nitrogen and oxygen atoms in total. The number of nitrogens with two attached hydrogens (primary N) is 1. The Hall–Kier alpha value is -0.570. The van der Waals surface area contributed by atoms with Crippen molar-refractivity contribution in [2.75, 3.05) is 13.6 Å². The molecule has 0 aliphatic heterocycles. The van der Waals surface area contributed by atoms with E-state index in [0.29, 0.717) is 13.0 Å². The minimum Gasteiger partial charge on any atom is -0.344 e. The first-order chi connectivity index (χ1) is 6.57. The molecule has 2 N–H and O–H groups in total. The number of unbranched alkanes of at least 4 members (excludes halogenated alkanes) is 3. The summed E-state index contributed by atoms with van der Waals surface area (Å²) in [4.78, 5) is 13.2. The van der Waals surface area contributed by atoms with E-state index in [1.807, 2.05) is 14.0 Å². The quantitative estimate of drug-likeness (QED) is 0.637. The van der Waals surface area contributed by atoms with Crippen LogP contribution in [0.2, 0.25) is 0 Å². The predicted molar refractivity (Wildman–Crippen MR) is 60.0 cm³/mol. The van der Waals surface area contributed by atoms with Gasteiger partial charge in [0, 0.05) is 26.1 Å². The average Bonchev–Trinajstić information content (AvgIpc) is 2.11. The van der Waals surface area contributed by atoms with E-state index in [9.17, 15) is 4.79 Å². The molecule has 14 heavy (non-hydrogen) atoms. The molecule has 0 aromatic carbocycles. The number of amides is 1. The summed E-state index contributed by atoms with van der Waals surface area (Å²) in [5.41, 5.74) is 5.61. The molecule has 0 saturated heterocycles. The van der Waals surface area contributed by atoms with E-state index in [1.54, 1.807) is 4.90 Å². The Bertz CT molecular complexity index is 157. The van der Waals surface area contributed by atoms with Crippen molar-refractivity contribution in [1.82, 2.24) is 4.90 Å². The lowest BCUT2D eigenvalue weighted by Gasteiger charge is -2.19. The average molecular weight is 200 g/mol. The van der Waals surface area contributed by atoms with E-state index in [0.717, 1.165) is 12.8 Å². The van der Waals surface area contributed by atoms with E-state index in [4.69, 9.17) is 5.73 Å². The van der Waals surface area contributed by atoms with Gasteiger partial charge >= 0.3 is 0 Å². The van der Waals surface area contributed by atoms with Crippen LogP contribution >= 0.6 is 0 Å². The second-order valence-corrected chi connectivity index (χ2v) is 4.06. The highest BCUT2D eigenvalue weighted by Crippen LogP contribution is 2.04. The molecular formula is C11H24N2O. The van der Waals surface area contributed by atoms with Crippen LogP contribution in [0.1, 0.15) is 46.0 Å². The third-order valence-electron chi connectivity index (χ3n) is 2.23. The number of hydrogen-bond donors (Lipinski definition) is 1. The number of rotatable bonds is 7. The highest BCUT2D eigenvalue weighted by atomic mass is 16.2. The van der Waals surface area contributed by atoms with Crippen LogP contribution < -0.4 is 5.73 Å². The number of carbonyl (C=O) groups is 1. The molecule has 0 fully saturated rings.